The van der Waals surface area contributed by atoms with Gasteiger partial charge in [0.15, 0.2) is 5.78 Å². The molecular formula is C28H28N4O4. The highest BCUT2D eigenvalue weighted by Gasteiger charge is 2.15. The number of carbonyl (C=O) groups is 2. The predicted octanol–water partition coefficient (Wildman–Crippen LogP) is 3.45. The van der Waals surface area contributed by atoms with Crippen LogP contribution in [0.1, 0.15) is 37.4 Å². The van der Waals surface area contributed by atoms with Crippen molar-refractivity contribution in [2.24, 2.45) is 0 Å². The third-order valence-electron chi connectivity index (χ3n) is 6.01. The van der Waals surface area contributed by atoms with Gasteiger partial charge in [-0.25, -0.2) is 9.97 Å². The molecule has 0 aliphatic heterocycles. The molecule has 4 aromatic rings. The van der Waals surface area contributed by atoms with Gasteiger partial charge in [0.05, 0.1) is 24.4 Å². The summed E-state index contributed by atoms with van der Waals surface area (Å²) in [6.07, 6.45) is 0.188. The number of amides is 1. The molecule has 0 unspecified atom stereocenters. The fourth-order valence-corrected chi connectivity index (χ4v) is 4.06. The van der Waals surface area contributed by atoms with E-state index in [1.807, 2.05) is 24.3 Å². The summed E-state index contributed by atoms with van der Waals surface area (Å²) < 4.78 is 0. The molecule has 4 rings (SSSR count). The maximum atomic E-state index is 13.0. The Bertz CT molecular complexity index is 1430. The smallest absolute Gasteiger partial charge is 0.253 e. The number of fused-ring (bicyclic) bond motifs is 1. The first-order chi connectivity index (χ1) is 17.3. The Morgan fingerprint density at radius 1 is 0.889 bits per heavy atom. The lowest BCUT2D eigenvalue weighted by Crippen LogP contribution is -2.21. The van der Waals surface area contributed by atoms with Crippen molar-refractivity contribution in [3.63, 3.8) is 0 Å². The van der Waals surface area contributed by atoms with Crippen LogP contribution in [-0.4, -0.2) is 57.9 Å². The highest BCUT2D eigenvalue weighted by atomic mass is 16.3. The van der Waals surface area contributed by atoms with Crippen LogP contribution in [0.4, 0.5) is 5.95 Å². The number of rotatable bonds is 8. The molecule has 184 valence electrons. The van der Waals surface area contributed by atoms with Crippen LogP contribution in [0.5, 0.6) is 0 Å². The molecule has 0 saturated heterocycles. The molecule has 8 nitrogen and oxygen atoms in total. The van der Waals surface area contributed by atoms with Crippen molar-refractivity contribution < 1.29 is 19.8 Å². The van der Waals surface area contributed by atoms with Gasteiger partial charge in [-0.05, 0) is 47.0 Å². The van der Waals surface area contributed by atoms with Crippen LogP contribution in [0.3, 0.4) is 0 Å². The van der Waals surface area contributed by atoms with Gasteiger partial charge in [-0.1, -0.05) is 30.3 Å². The minimum absolute atomic E-state index is 0.0605. The van der Waals surface area contributed by atoms with E-state index < -0.39 is 0 Å². The fourth-order valence-electron chi connectivity index (χ4n) is 4.06. The van der Waals surface area contributed by atoms with Crippen molar-refractivity contribution in [2.45, 2.75) is 19.6 Å². The molecule has 0 bridgehead atoms. The Labute approximate surface area is 209 Å². The molecule has 3 aromatic carbocycles. The number of nitrogens with zero attached hydrogens (tertiary/aromatic N) is 3. The quantitative estimate of drug-likeness (QED) is 0.328. The first-order valence-corrected chi connectivity index (χ1v) is 11.5. The van der Waals surface area contributed by atoms with Crippen LogP contribution >= 0.6 is 0 Å². The van der Waals surface area contributed by atoms with E-state index in [-0.39, 0.29) is 31.3 Å². The highest BCUT2D eigenvalue weighted by Crippen LogP contribution is 2.30. The number of aliphatic hydroxyl groups excluding tert-OH is 2. The summed E-state index contributed by atoms with van der Waals surface area (Å²) in [5.41, 5.74) is 5.19. The van der Waals surface area contributed by atoms with Crippen LogP contribution in [-0.2, 0) is 19.6 Å². The van der Waals surface area contributed by atoms with E-state index in [1.54, 1.807) is 57.5 Å². The number of hydrogen-bond donors (Lipinski definition) is 3. The topological polar surface area (TPSA) is 116 Å². The molecule has 0 saturated carbocycles. The molecule has 1 aromatic heterocycles. The lowest BCUT2D eigenvalue weighted by atomic mass is 9.97. The molecule has 0 spiro atoms. The van der Waals surface area contributed by atoms with E-state index in [2.05, 4.69) is 15.3 Å². The molecule has 0 aliphatic rings. The number of aliphatic hydroxyl groups is 2. The van der Waals surface area contributed by atoms with Crippen molar-refractivity contribution in [1.82, 2.24) is 14.9 Å². The maximum absolute atomic E-state index is 13.0. The molecule has 1 heterocycles. The molecule has 0 fully saturated rings. The largest absolute Gasteiger partial charge is 0.392 e. The first kappa shape index (κ1) is 25.0. The molecular weight excluding hydrogens is 456 g/mol. The minimum atomic E-state index is -0.216. The summed E-state index contributed by atoms with van der Waals surface area (Å²) in [6, 6.07) is 17.8. The van der Waals surface area contributed by atoms with Gasteiger partial charge in [0, 0.05) is 49.6 Å². The number of ketones is 1. The van der Waals surface area contributed by atoms with Gasteiger partial charge in [0.1, 0.15) is 0 Å². The van der Waals surface area contributed by atoms with Gasteiger partial charge in [-0.15, -0.1) is 0 Å². The van der Waals surface area contributed by atoms with Crippen molar-refractivity contribution in [2.75, 3.05) is 26.5 Å². The Balaban J connectivity index is 1.68. The van der Waals surface area contributed by atoms with Gasteiger partial charge in [0.25, 0.3) is 5.91 Å². The Hall–Kier alpha value is -4.14. The summed E-state index contributed by atoms with van der Waals surface area (Å²) in [5.74, 6) is 0.247. The third-order valence-corrected chi connectivity index (χ3v) is 6.01. The summed E-state index contributed by atoms with van der Waals surface area (Å²) >= 11 is 0. The Kier molecular flexibility index (Phi) is 7.38. The standard InChI is InChI=1S/C28H28N4O4/c1-29-28-30-24-14-22(16-34)21(15-33)13-23(24)26(31-28)20-6-4-5-17(11-20)12-25(35)18-7-9-19(10-8-18)27(36)32(2)3/h4-11,13-14,33-34H,12,15-16H2,1-3H3,(H,29,30,31). The average molecular weight is 485 g/mol. The highest BCUT2D eigenvalue weighted by molar-refractivity contribution is 6.00. The number of benzene rings is 3. The van der Waals surface area contributed by atoms with Crippen LogP contribution in [0.25, 0.3) is 22.2 Å². The number of anilines is 1. The third kappa shape index (κ3) is 5.10. The second kappa shape index (κ2) is 10.6. The van der Waals surface area contributed by atoms with Crippen LogP contribution in [0.2, 0.25) is 0 Å². The van der Waals surface area contributed by atoms with E-state index >= 15 is 0 Å². The SMILES string of the molecule is CNc1nc(-c2cccc(CC(=O)c3ccc(C(=O)N(C)C)cc3)c2)c2cc(CO)c(CO)cc2n1. The number of Topliss-reactive ketones (excluding diaryl/α,β-unsaturated/α-hetero) is 1. The Morgan fingerprint density at radius 3 is 2.19 bits per heavy atom. The van der Waals surface area contributed by atoms with Crippen molar-refractivity contribution in [1.29, 1.82) is 0 Å². The van der Waals surface area contributed by atoms with E-state index in [9.17, 15) is 19.8 Å². The monoisotopic (exact) mass is 484 g/mol. The van der Waals surface area contributed by atoms with Gasteiger partial charge in [-0.3, -0.25) is 9.59 Å². The van der Waals surface area contributed by atoms with Crippen LogP contribution in [0.15, 0.2) is 60.7 Å². The average Bonchev–Trinajstić information content (AvgIpc) is 2.91. The van der Waals surface area contributed by atoms with Gasteiger partial charge in [0.2, 0.25) is 5.95 Å². The van der Waals surface area contributed by atoms with Gasteiger partial charge >= 0.3 is 0 Å². The number of carbonyl (C=O) groups excluding carboxylic acids is 2. The molecule has 36 heavy (non-hydrogen) atoms. The lowest BCUT2D eigenvalue weighted by molar-refractivity contribution is 0.0827. The summed E-state index contributed by atoms with van der Waals surface area (Å²) in [7, 11) is 5.10. The summed E-state index contributed by atoms with van der Waals surface area (Å²) in [6.45, 7) is -0.422. The summed E-state index contributed by atoms with van der Waals surface area (Å²) in [5, 5.41) is 23.2. The minimum Gasteiger partial charge on any atom is -0.392 e. The molecule has 0 atom stereocenters. The summed E-state index contributed by atoms with van der Waals surface area (Å²) in [4.78, 5) is 35.7. The maximum Gasteiger partial charge on any atom is 0.253 e. The number of nitrogens with one attached hydrogen (secondary N) is 1. The van der Waals surface area contributed by atoms with Gasteiger partial charge in [-0.2, -0.15) is 0 Å². The first-order valence-electron chi connectivity index (χ1n) is 11.5. The predicted molar refractivity (Wildman–Crippen MR) is 139 cm³/mol. The van der Waals surface area contributed by atoms with Crippen molar-refractivity contribution in [3.8, 4) is 11.3 Å². The second-order valence-electron chi connectivity index (χ2n) is 8.68. The Morgan fingerprint density at radius 2 is 1.56 bits per heavy atom. The zero-order chi connectivity index (χ0) is 25.8. The van der Waals surface area contributed by atoms with E-state index in [1.165, 1.54) is 4.90 Å². The van der Waals surface area contributed by atoms with E-state index in [4.69, 9.17) is 0 Å². The van der Waals surface area contributed by atoms with Crippen molar-refractivity contribution >= 4 is 28.5 Å². The molecule has 0 radical (unpaired) electrons. The molecule has 0 aliphatic carbocycles. The number of hydrogen-bond acceptors (Lipinski definition) is 7. The fraction of sp³-hybridized carbons (Fsp3) is 0.214. The van der Waals surface area contributed by atoms with E-state index in [0.717, 1.165) is 16.5 Å². The molecule has 3 N–H and O–H groups in total. The van der Waals surface area contributed by atoms with Gasteiger partial charge < -0.3 is 20.4 Å². The van der Waals surface area contributed by atoms with Crippen LogP contribution < -0.4 is 5.32 Å². The van der Waals surface area contributed by atoms with Crippen molar-refractivity contribution in [3.05, 3.63) is 88.5 Å². The molecule has 8 heteroatoms. The zero-order valence-corrected chi connectivity index (χ0v) is 20.4. The van der Waals surface area contributed by atoms with Crippen LogP contribution in [0, 0.1) is 0 Å². The zero-order valence-electron chi connectivity index (χ0n) is 20.4. The number of aromatic nitrogens is 2. The van der Waals surface area contributed by atoms with E-state index in [0.29, 0.717) is 39.4 Å². The normalized spacial score (nSPS) is 10.9. The second-order valence-corrected chi connectivity index (χ2v) is 8.68. The molecule has 1 amide bonds. The lowest BCUT2D eigenvalue weighted by Gasteiger charge is -2.13.